The van der Waals surface area contributed by atoms with Gasteiger partial charge in [-0.05, 0) is 104 Å². The largest absolute Gasteiger partial charge is 0.291 e. The third kappa shape index (κ3) is 3.43. The van der Waals surface area contributed by atoms with Crippen LogP contribution in [0.3, 0.4) is 0 Å². The fraction of sp³-hybridized carbons (Fsp3) is 0.250. The van der Waals surface area contributed by atoms with Gasteiger partial charge in [0, 0.05) is 16.3 Å². The van der Waals surface area contributed by atoms with Crippen molar-refractivity contribution in [3.05, 3.63) is 117 Å². The van der Waals surface area contributed by atoms with E-state index in [1.807, 2.05) is 0 Å². The van der Waals surface area contributed by atoms with Crippen LogP contribution >= 0.6 is 0 Å². The van der Waals surface area contributed by atoms with Gasteiger partial charge in [-0.25, -0.2) is 4.98 Å². The maximum Gasteiger partial charge on any atom is 0.146 e. The van der Waals surface area contributed by atoms with Gasteiger partial charge in [0.25, 0.3) is 0 Å². The molecule has 0 fully saturated rings. The van der Waals surface area contributed by atoms with Gasteiger partial charge in [-0.1, -0.05) is 73.2 Å². The molecule has 0 radical (unpaired) electrons. The molecule has 1 atom stereocenters. The molecular weight excluding hydrogens is 460 g/mol. The number of benzene rings is 4. The van der Waals surface area contributed by atoms with Crippen molar-refractivity contribution in [1.82, 2.24) is 9.38 Å². The van der Waals surface area contributed by atoms with Crippen LogP contribution in [0.1, 0.15) is 63.9 Å². The predicted octanol–water partition coefficient (Wildman–Crippen LogP) is 9.18. The summed E-state index contributed by atoms with van der Waals surface area (Å²) in [5, 5.41) is 4.01. The van der Waals surface area contributed by atoms with Gasteiger partial charge in [0.2, 0.25) is 0 Å². The Balaban J connectivity index is 1.64. The maximum absolute atomic E-state index is 5.45. The SMILES string of the molecule is CCC1Cc2nc3c4c1cc(Cc1ccccc1)cc4c1ccc(C)cc1n3c2-c1c(C)cc(C)cc1C. The fourth-order valence-corrected chi connectivity index (χ4v) is 7.03. The number of imidazole rings is 1. The van der Waals surface area contributed by atoms with Gasteiger partial charge >= 0.3 is 0 Å². The molecule has 2 aromatic heterocycles. The third-order valence-electron chi connectivity index (χ3n) is 8.62. The summed E-state index contributed by atoms with van der Waals surface area (Å²) in [5.74, 6) is 0.450. The molecule has 1 aliphatic heterocycles. The zero-order valence-electron chi connectivity index (χ0n) is 23.0. The number of hydrogen-bond acceptors (Lipinski definition) is 1. The highest BCUT2D eigenvalue weighted by atomic mass is 15.0. The molecule has 0 saturated carbocycles. The molecule has 2 nitrogen and oxygen atoms in total. The Labute approximate surface area is 225 Å². The first kappa shape index (κ1) is 23.2. The van der Waals surface area contributed by atoms with Crippen molar-refractivity contribution in [3.8, 4) is 11.3 Å². The van der Waals surface area contributed by atoms with E-state index in [9.17, 15) is 0 Å². The lowest BCUT2D eigenvalue weighted by atomic mass is 9.84. The molecule has 0 aliphatic carbocycles. The van der Waals surface area contributed by atoms with Crippen LogP contribution in [0.15, 0.2) is 72.8 Å². The van der Waals surface area contributed by atoms with Crippen LogP contribution in [0.2, 0.25) is 0 Å². The van der Waals surface area contributed by atoms with E-state index < -0.39 is 0 Å². The molecule has 0 N–H and O–H groups in total. The summed E-state index contributed by atoms with van der Waals surface area (Å²) >= 11 is 0. The third-order valence-corrected chi connectivity index (χ3v) is 8.62. The quantitative estimate of drug-likeness (QED) is 0.223. The molecule has 0 spiro atoms. The topological polar surface area (TPSA) is 17.3 Å². The molecule has 2 bridgehead atoms. The van der Waals surface area contributed by atoms with Gasteiger partial charge in [-0.2, -0.15) is 0 Å². The van der Waals surface area contributed by atoms with Gasteiger partial charge < -0.3 is 0 Å². The molecule has 0 amide bonds. The molecule has 1 unspecified atom stereocenters. The summed E-state index contributed by atoms with van der Waals surface area (Å²) in [6, 6.07) is 27.4. The molecule has 4 aromatic carbocycles. The first-order valence-electron chi connectivity index (χ1n) is 13.9. The van der Waals surface area contributed by atoms with Crippen molar-refractivity contribution >= 4 is 27.3 Å². The van der Waals surface area contributed by atoms with Crippen LogP contribution in [0, 0.1) is 27.7 Å². The fourth-order valence-electron chi connectivity index (χ4n) is 7.03. The smallest absolute Gasteiger partial charge is 0.146 e. The molecular formula is C36H34N2. The minimum atomic E-state index is 0.450. The van der Waals surface area contributed by atoms with Crippen molar-refractivity contribution in [2.75, 3.05) is 0 Å². The number of nitrogens with zero attached hydrogens (tertiary/aromatic N) is 2. The monoisotopic (exact) mass is 494 g/mol. The molecule has 7 rings (SSSR count). The van der Waals surface area contributed by atoms with Gasteiger partial charge in [-0.15, -0.1) is 0 Å². The number of aryl methyl sites for hydroxylation is 4. The lowest BCUT2D eigenvalue weighted by Crippen LogP contribution is -2.08. The maximum atomic E-state index is 5.45. The van der Waals surface area contributed by atoms with E-state index in [4.69, 9.17) is 4.98 Å². The summed E-state index contributed by atoms with van der Waals surface area (Å²) in [4.78, 5) is 5.45. The van der Waals surface area contributed by atoms with E-state index in [-0.39, 0.29) is 0 Å². The van der Waals surface area contributed by atoms with Crippen molar-refractivity contribution in [1.29, 1.82) is 0 Å². The lowest BCUT2D eigenvalue weighted by molar-refractivity contribution is 0.659. The van der Waals surface area contributed by atoms with Crippen LogP contribution in [-0.4, -0.2) is 9.38 Å². The van der Waals surface area contributed by atoms with Crippen molar-refractivity contribution in [2.45, 2.75) is 59.8 Å². The molecule has 38 heavy (non-hydrogen) atoms. The van der Waals surface area contributed by atoms with E-state index in [1.54, 1.807) is 0 Å². The Kier molecular flexibility index (Phi) is 5.23. The summed E-state index contributed by atoms with van der Waals surface area (Å²) in [5.41, 5.74) is 15.7. The number of fused-ring (bicyclic) bond motifs is 4. The van der Waals surface area contributed by atoms with E-state index in [2.05, 4.69) is 112 Å². The molecule has 2 heteroatoms. The zero-order valence-corrected chi connectivity index (χ0v) is 23.0. The van der Waals surface area contributed by atoms with E-state index in [1.165, 1.54) is 77.6 Å². The first-order chi connectivity index (χ1) is 18.4. The van der Waals surface area contributed by atoms with Gasteiger partial charge in [0.1, 0.15) is 5.65 Å². The Bertz CT molecular complexity index is 1870. The van der Waals surface area contributed by atoms with Crippen molar-refractivity contribution in [2.24, 2.45) is 0 Å². The van der Waals surface area contributed by atoms with Crippen LogP contribution < -0.4 is 0 Å². The normalized spacial score (nSPS) is 14.8. The predicted molar refractivity (Wildman–Crippen MR) is 161 cm³/mol. The Morgan fingerprint density at radius 2 is 1.55 bits per heavy atom. The van der Waals surface area contributed by atoms with Crippen LogP contribution in [0.25, 0.3) is 38.6 Å². The molecule has 0 saturated heterocycles. The number of rotatable bonds is 4. The summed E-state index contributed by atoms with van der Waals surface area (Å²) < 4.78 is 2.50. The molecule has 6 aromatic rings. The lowest BCUT2D eigenvalue weighted by Gasteiger charge is -2.23. The second-order valence-corrected chi connectivity index (χ2v) is 11.4. The van der Waals surface area contributed by atoms with E-state index in [0.717, 1.165) is 24.9 Å². The van der Waals surface area contributed by atoms with Gasteiger partial charge in [0.05, 0.1) is 16.9 Å². The molecule has 1 aliphatic rings. The minimum Gasteiger partial charge on any atom is -0.291 e. The number of aromatic nitrogens is 2. The minimum absolute atomic E-state index is 0.450. The highest BCUT2D eigenvalue weighted by Gasteiger charge is 2.29. The average molecular weight is 495 g/mol. The standard InChI is InChI=1S/C36H34N2/c1-6-27-20-31-35(33-23(4)14-22(3)15-24(33)5)38-32-16-21(2)12-13-28(32)30-19-26(17-25-10-8-7-9-11-25)18-29(27)34(30)36(38)37-31/h7-16,18-19,27H,6,17,20H2,1-5H3. The van der Waals surface area contributed by atoms with Crippen molar-refractivity contribution < 1.29 is 0 Å². The Morgan fingerprint density at radius 3 is 2.29 bits per heavy atom. The summed E-state index contributed by atoms with van der Waals surface area (Å²) in [6.45, 7) is 11.3. The second kappa shape index (κ2) is 8.56. The average Bonchev–Trinajstić information content (AvgIpc) is 3.16. The summed E-state index contributed by atoms with van der Waals surface area (Å²) in [6.07, 6.45) is 3.03. The van der Waals surface area contributed by atoms with E-state index in [0.29, 0.717) is 5.92 Å². The van der Waals surface area contributed by atoms with Crippen LogP contribution in [0.5, 0.6) is 0 Å². The van der Waals surface area contributed by atoms with Gasteiger partial charge in [0.15, 0.2) is 0 Å². The van der Waals surface area contributed by atoms with Crippen LogP contribution in [-0.2, 0) is 12.8 Å². The highest BCUT2D eigenvalue weighted by Crippen LogP contribution is 2.45. The highest BCUT2D eigenvalue weighted by molar-refractivity contribution is 6.14. The molecule has 188 valence electrons. The van der Waals surface area contributed by atoms with Crippen molar-refractivity contribution in [3.63, 3.8) is 0 Å². The molecule has 3 heterocycles. The first-order valence-corrected chi connectivity index (χ1v) is 13.9. The second-order valence-electron chi connectivity index (χ2n) is 11.4. The van der Waals surface area contributed by atoms with E-state index >= 15 is 0 Å². The zero-order chi connectivity index (χ0) is 26.1. The van der Waals surface area contributed by atoms with Gasteiger partial charge in [-0.3, -0.25) is 4.40 Å². The number of hydrogen-bond donors (Lipinski definition) is 0. The number of pyridine rings is 1. The van der Waals surface area contributed by atoms with Crippen LogP contribution in [0.4, 0.5) is 0 Å². The Hall–Kier alpha value is -3.91. The summed E-state index contributed by atoms with van der Waals surface area (Å²) in [7, 11) is 0. The Morgan fingerprint density at radius 1 is 0.789 bits per heavy atom.